The molecule has 0 saturated heterocycles. The second-order valence-electron chi connectivity index (χ2n) is 10.1. The van der Waals surface area contributed by atoms with Crippen LogP contribution in [0.3, 0.4) is 0 Å². The van der Waals surface area contributed by atoms with E-state index in [2.05, 4.69) is 16.5 Å². The van der Waals surface area contributed by atoms with Crippen LogP contribution in [-0.4, -0.2) is 49.3 Å². The molecule has 2 N–H and O–H groups in total. The lowest BCUT2D eigenvalue weighted by molar-refractivity contribution is -0.184. The monoisotopic (exact) mass is 589 g/mol. The summed E-state index contributed by atoms with van der Waals surface area (Å²) in [5, 5.41) is 0. The number of ketones is 1. The van der Waals surface area contributed by atoms with Crippen LogP contribution in [0.25, 0.3) is 22.3 Å². The van der Waals surface area contributed by atoms with E-state index in [0.717, 1.165) is 6.42 Å². The average Bonchev–Trinajstić information content (AvgIpc) is 3.75. The Bertz CT molecular complexity index is 1470. The quantitative estimate of drug-likeness (QED) is 0.115. The van der Waals surface area contributed by atoms with Gasteiger partial charge < -0.3 is 19.9 Å². The Balaban J connectivity index is 0.000000291. The Morgan fingerprint density at radius 3 is 2.33 bits per heavy atom. The van der Waals surface area contributed by atoms with Gasteiger partial charge in [0.25, 0.3) is 0 Å². The Kier molecular flexibility index (Phi) is 10.7. The molecular formula is C31H35F4N3O4. The molecule has 0 unspecified atom stereocenters. The Hall–Kier alpha value is -3.99. The number of hydrogen-bond acceptors (Lipinski definition) is 7. The topological polar surface area (TPSA) is 96.6 Å². The molecule has 226 valence electrons. The number of allylic oxidation sites excluding steroid dienone is 3. The Labute approximate surface area is 242 Å². The van der Waals surface area contributed by atoms with Gasteiger partial charge in [-0.05, 0) is 57.4 Å². The highest BCUT2D eigenvalue weighted by Gasteiger charge is 2.66. The second kappa shape index (κ2) is 13.8. The summed E-state index contributed by atoms with van der Waals surface area (Å²) in [6.07, 6.45) is -0.258. The van der Waals surface area contributed by atoms with Gasteiger partial charge in [-0.3, -0.25) is 9.78 Å². The number of ether oxygens (including phenoxy) is 3. The number of carbonyl (C=O) groups is 1. The largest absolute Gasteiger partial charge is 0.500 e. The first kappa shape index (κ1) is 32.5. The molecule has 0 bridgehead atoms. The number of aromatic nitrogens is 2. The molecule has 0 radical (unpaired) electrons. The number of hydrogen-bond donors (Lipinski definition) is 1. The summed E-state index contributed by atoms with van der Waals surface area (Å²) >= 11 is 0. The van der Waals surface area contributed by atoms with Gasteiger partial charge in [-0.25, -0.2) is 9.37 Å². The first-order chi connectivity index (χ1) is 19.8. The van der Waals surface area contributed by atoms with Gasteiger partial charge in [0.15, 0.2) is 11.5 Å². The Morgan fingerprint density at radius 2 is 1.81 bits per heavy atom. The van der Waals surface area contributed by atoms with Crippen LogP contribution in [-0.2, 0) is 16.0 Å². The number of alkyl halides is 3. The fraction of sp³-hybridized carbons (Fsp3) is 0.387. The predicted octanol–water partition coefficient (Wildman–Crippen LogP) is 6.74. The molecule has 1 saturated carbocycles. The van der Waals surface area contributed by atoms with Crippen LogP contribution in [0.4, 0.5) is 17.6 Å². The normalized spacial score (nSPS) is 14.1. The van der Waals surface area contributed by atoms with E-state index in [9.17, 15) is 22.4 Å². The number of fused-ring (bicyclic) bond motifs is 1. The first-order valence-corrected chi connectivity index (χ1v) is 13.3. The van der Waals surface area contributed by atoms with E-state index < -0.39 is 17.4 Å². The van der Waals surface area contributed by atoms with Crippen molar-refractivity contribution in [1.82, 2.24) is 9.97 Å². The van der Waals surface area contributed by atoms with Crippen molar-refractivity contribution in [3.8, 4) is 22.8 Å². The molecule has 0 atom stereocenters. The maximum atomic E-state index is 14.3. The van der Waals surface area contributed by atoms with Crippen molar-refractivity contribution in [1.29, 1.82) is 0 Å². The second-order valence-corrected chi connectivity index (χ2v) is 10.1. The van der Waals surface area contributed by atoms with E-state index in [1.54, 1.807) is 44.5 Å². The zero-order valence-corrected chi connectivity index (χ0v) is 24.1. The minimum atomic E-state index is -4.22. The molecule has 1 heterocycles. The first-order valence-electron chi connectivity index (χ1n) is 13.3. The van der Waals surface area contributed by atoms with Gasteiger partial charge in [-0.15, -0.1) is 0 Å². The third-order valence-corrected chi connectivity index (χ3v) is 6.58. The van der Waals surface area contributed by atoms with Crippen molar-refractivity contribution in [3.05, 3.63) is 71.9 Å². The molecule has 1 aromatic heterocycles. The molecule has 4 rings (SSSR count). The van der Waals surface area contributed by atoms with Gasteiger partial charge in [-0.1, -0.05) is 24.3 Å². The lowest BCUT2D eigenvalue weighted by Crippen LogP contribution is -2.27. The molecule has 0 aliphatic heterocycles. The average molecular weight is 590 g/mol. The molecule has 2 aromatic carbocycles. The van der Waals surface area contributed by atoms with Gasteiger partial charge >= 0.3 is 6.18 Å². The zero-order valence-electron chi connectivity index (χ0n) is 24.1. The molecule has 1 aliphatic carbocycles. The standard InChI is InChI=1S/C21H22FN3O3.C10H13F3O/c1-13(26)8-14-4-5-15(9-16(14)22)19-12-24-17-10-20(27-2)21(11-18(17)25-19)28-7-3-6-23;1-7(2)6-8(14-3)9(4-5-9)10(11,12)13/h4-5,9-12H,3,6-8,23H2,1-2H3;6H,1,4-5H2,2-3H3/b;8-6-. The van der Waals surface area contributed by atoms with E-state index >= 15 is 0 Å². The highest BCUT2D eigenvalue weighted by Crippen LogP contribution is 2.62. The molecule has 0 spiro atoms. The van der Waals surface area contributed by atoms with E-state index in [1.165, 1.54) is 26.2 Å². The SMILES string of the molecule is C=C(C)/C=C(\OC)C1(C(F)(F)F)CC1.COc1cc2ncc(-c3ccc(CC(C)=O)c(F)c3)nc2cc1OCCCN. The fourth-order valence-corrected chi connectivity index (χ4v) is 4.23. The molecule has 11 heteroatoms. The van der Waals surface area contributed by atoms with Crippen LogP contribution in [0.2, 0.25) is 0 Å². The van der Waals surface area contributed by atoms with Crippen LogP contribution in [0.15, 0.2) is 60.5 Å². The van der Waals surface area contributed by atoms with Crippen molar-refractivity contribution in [2.75, 3.05) is 27.4 Å². The molecule has 7 nitrogen and oxygen atoms in total. The van der Waals surface area contributed by atoms with Crippen molar-refractivity contribution in [3.63, 3.8) is 0 Å². The van der Waals surface area contributed by atoms with Crippen molar-refractivity contribution in [2.45, 2.75) is 45.7 Å². The van der Waals surface area contributed by atoms with Gasteiger partial charge in [0, 0.05) is 24.1 Å². The van der Waals surface area contributed by atoms with E-state index in [-0.39, 0.29) is 30.8 Å². The molecule has 42 heavy (non-hydrogen) atoms. The number of rotatable bonds is 11. The predicted molar refractivity (Wildman–Crippen MR) is 153 cm³/mol. The summed E-state index contributed by atoms with van der Waals surface area (Å²) in [7, 11) is 2.82. The number of carbonyl (C=O) groups excluding carboxylic acids is 1. The maximum Gasteiger partial charge on any atom is 0.401 e. The van der Waals surface area contributed by atoms with Crippen LogP contribution >= 0.6 is 0 Å². The maximum absolute atomic E-state index is 14.3. The number of nitrogens with zero attached hydrogens (tertiary/aromatic N) is 2. The lowest BCUT2D eigenvalue weighted by Gasteiger charge is -2.21. The summed E-state index contributed by atoms with van der Waals surface area (Å²) in [5.41, 5.74) is 7.06. The van der Waals surface area contributed by atoms with E-state index in [4.69, 9.17) is 19.9 Å². The minimum absolute atomic E-state index is 0.0162. The smallest absolute Gasteiger partial charge is 0.401 e. The van der Waals surface area contributed by atoms with Gasteiger partial charge in [0.1, 0.15) is 22.8 Å². The lowest BCUT2D eigenvalue weighted by atomic mass is 10.0. The van der Waals surface area contributed by atoms with Crippen LogP contribution < -0.4 is 15.2 Å². The van der Waals surface area contributed by atoms with E-state index in [0.29, 0.717) is 58.1 Å². The van der Waals surface area contributed by atoms with Crippen molar-refractivity contribution in [2.24, 2.45) is 11.1 Å². The molecule has 1 aliphatic rings. The summed E-state index contributed by atoms with van der Waals surface area (Å²) in [4.78, 5) is 20.2. The molecular weight excluding hydrogens is 554 g/mol. The highest BCUT2D eigenvalue weighted by molar-refractivity contribution is 5.81. The highest BCUT2D eigenvalue weighted by atomic mass is 19.4. The van der Waals surface area contributed by atoms with Crippen LogP contribution in [0.1, 0.15) is 38.7 Å². The number of benzene rings is 2. The third kappa shape index (κ3) is 7.84. The van der Waals surface area contributed by atoms with Gasteiger partial charge in [0.05, 0.1) is 43.8 Å². The van der Waals surface area contributed by atoms with Gasteiger partial charge in [0.2, 0.25) is 0 Å². The zero-order chi connectivity index (χ0) is 31.1. The summed E-state index contributed by atoms with van der Waals surface area (Å²) < 4.78 is 68.1. The molecule has 3 aromatic rings. The van der Waals surface area contributed by atoms with Gasteiger partial charge in [-0.2, -0.15) is 13.2 Å². The Morgan fingerprint density at radius 1 is 1.12 bits per heavy atom. The van der Waals surface area contributed by atoms with Crippen LogP contribution in [0.5, 0.6) is 11.5 Å². The third-order valence-electron chi connectivity index (χ3n) is 6.58. The summed E-state index contributed by atoms with van der Waals surface area (Å²) in [6, 6.07) is 8.21. The van der Waals surface area contributed by atoms with Crippen molar-refractivity contribution < 1.29 is 36.6 Å². The number of halogens is 4. The number of methoxy groups -OCH3 is 2. The van der Waals surface area contributed by atoms with Crippen molar-refractivity contribution >= 4 is 16.8 Å². The van der Waals surface area contributed by atoms with Crippen LogP contribution in [0, 0.1) is 11.2 Å². The summed E-state index contributed by atoms with van der Waals surface area (Å²) in [6.45, 7) is 7.62. The molecule has 0 amide bonds. The summed E-state index contributed by atoms with van der Waals surface area (Å²) in [5.74, 6) is 0.574. The number of nitrogens with two attached hydrogens (primary N) is 1. The molecule has 1 fully saturated rings. The minimum Gasteiger partial charge on any atom is -0.500 e. The fourth-order valence-electron chi connectivity index (χ4n) is 4.23. The van der Waals surface area contributed by atoms with E-state index in [1.807, 2.05) is 0 Å². The number of Topliss-reactive ketones (excluding diaryl/α,β-unsaturated/α-hetero) is 1.